The fraction of sp³-hybridized carbons (Fsp3) is 0. The van der Waals surface area contributed by atoms with Crippen LogP contribution in [0.4, 0.5) is 0 Å². The fourth-order valence-electron chi connectivity index (χ4n) is 0. The van der Waals surface area contributed by atoms with Crippen LogP contribution in [0, 0.1) is 0 Å². The molecule has 0 saturated carbocycles. The van der Waals surface area contributed by atoms with Gasteiger partial charge in [-0.15, -0.1) is 0 Å². The minimum absolute atomic E-state index is 0. The average Bonchev–Trinajstić information content (AvgIpc) is 0.722. The average molecular weight is 321 g/mol. The van der Waals surface area contributed by atoms with Crippen LogP contribution < -0.4 is 63.8 Å². The zero-order valence-corrected chi connectivity index (χ0v) is 13.7. The van der Waals surface area contributed by atoms with Crippen LogP contribution in [0.5, 0.6) is 0 Å². The van der Waals surface area contributed by atoms with E-state index >= 15 is 0 Å². The van der Waals surface area contributed by atoms with Crippen molar-refractivity contribution in [2.45, 2.75) is 0 Å². The molecule has 14 N–H and O–H groups in total. The summed E-state index contributed by atoms with van der Waals surface area (Å²) in [5, 5.41) is 0. The molecule has 0 fully saturated rings. The number of halogens is 1. The van der Waals surface area contributed by atoms with E-state index in [9.17, 15) is 0 Å². The van der Waals surface area contributed by atoms with Crippen LogP contribution >= 0.6 is 0 Å². The van der Waals surface area contributed by atoms with Gasteiger partial charge in [0, 0.05) is 10.4 Å². The van der Waals surface area contributed by atoms with E-state index in [1.54, 1.807) is 0 Å². The van der Waals surface area contributed by atoms with E-state index in [0.717, 1.165) is 0 Å². The molecule has 0 aliphatic heterocycles. The quantitative estimate of drug-likeness (QED) is 0.238. The first kappa shape index (κ1) is 116. The summed E-state index contributed by atoms with van der Waals surface area (Å²) in [7, 11) is -5.17. The van der Waals surface area contributed by atoms with Gasteiger partial charge in [0.2, 0.25) is 0 Å². The summed E-state index contributed by atoms with van der Waals surface area (Å²) >= 11 is 0. The maximum absolute atomic E-state index is 8.52. The van der Waals surface area contributed by atoms with Crippen LogP contribution in [-0.4, -0.2) is 78.9 Å². The molecule has 0 amide bonds. The van der Waals surface area contributed by atoms with Crippen LogP contribution in [0.1, 0.15) is 0 Å². The third kappa shape index (κ3) is 637. The molecule has 0 aromatic rings. The number of rotatable bonds is 0. The maximum Gasteiger partial charge on any atom is 2.00 e. The van der Waals surface area contributed by atoms with E-state index in [-0.39, 0.29) is 125 Å². The van der Waals surface area contributed by atoms with Crippen molar-refractivity contribution < 1.29 is 120 Å². The van der Waals surface area contributed by atoms with Gasteiger partial charge >= 0.3 is 74.4 Å². The van der Waals surface area contributed by atoms with E-state index in [4.69, 9.17) is 17.5 Å². The van der Waals surface area contributed by atoms with Crippen LogP contribution in [0.25, 0.3) is 0 Å². The molecule has 0 rings (SSSR count). The fourth-order valence-corrected chi connectivity index (χ4v) is 0. The Morgan fingerprint density at radius 2 is 0.667 bits per heavy atom. The van der Waals surface area contributed by atoms with E-state index in [1.165, 1.54) is 0 Å². The molecule has 15 heavy (non-hydrogen) atoms. The van der Waals surface area contributed by atoms with Crippen LogP contribution in [0.2, 0.25) is 0 Å². The molecule has 0 atom stereocenters. The van der Waals surface area contributed by atoms with Crippen LogP contribution in [0.15, 0.2) is 0 Å². The standard InChI is InChI=1S/ClH.K.Mg.H2O4S.7H2O/c;;;1-5(2,3)4;;;;;;;/h1H;;;(H2,1,2,3,4);7*1H2/q;+1;+2;;;;;;;;/p-3. The molecule has 0 aromatic heterocycles. The van der Waals surface area contributed by atoms with Gasteiger partial charge < -0.3 is 59.8 Å². The minimum Gasteiger partial charge on any atom is -1.00 e. The van der Waals surface area contributed by atoms with E-state index in [0.29, 0.717) is 0 Å². The molecule has 0 radical (unpaired) electrons. The second-order valence-corrected chi connectivity index (χ2v) is 1.22. The molecule has 15 heteroatoms. The molecule has 0 aromatic carbocycles. The van der Waals surface area contributed by atoms with Crippen molar-refractivity contribution in [3.05, 3.63) is 0 Å². The predicted molar refractivity (Wildman–Crippen MR) is 41.5 cm³/mol. The maximum atomic E-state index is 8.52. The Balaban J connectivity index is -0.00000000178. The van der Waals surface area contributed by atoms with Crippen molar-refractivity contribution in [2.75, 3.05) is 0 Å². The minimum atomic E-state index is -5.17. The summed E-state index contributed by atoms with van der Waals surface area (Å²) in [5.41, 5.74) is 0. The van der Waals surface area contributed by atoms with Gasteiger partial charge in [-0.25, -0.2) is 0 Å². The Bertz CT molecular complexity index is 104. The van der Waals surface area contributed by atoms with Crippen molar-refractivity contribution in [2.24, 2.45) is 0 Å². The van der Waals surface area contributed by atoms with Crippen molar-refractivity contribution in [3.63, 3.8) is 0 Å². The molecule has 0 spiro atoms. The monoisotopic (exact) mass is 320 g/mol. The second-order valence-electron chi connectivity index (χ2n) is 0.408. The number of hydrogen-bond donors (Lipinski definition) is 0. The first-order valence-electron chi connectivity index (χ1n) is 0.667. The largest absolute Gasteiger partial charge is 2.00 e. The summed E-state index contributed by atoms with van der Waals surface area (Å²) in [6, 6.07) is 0. The summed E-state index contributed by atoms with van der Waals surface area (Å²) in [6.45, 7) is 0. The summed E-state index contributed by atoms with van der Waals surface area (Å²) in [6.07, 6.45) is 0. The third-order valence-corrected chi connectivity index (χ3v) is 0. The van der Waals surface area contributed by atoms with Crippen LogP contribution in [-0.2, 0) is 10.4 Å². The summed E-state index contributed by atoms with van der Waals surface area (Å²) in [4.78, 5) is 0. The van der Waals surface area contributed by atoms with Gasteiger partial charge in [-0.05, 0) is 0 Å². The molecule has 96 valence electrons. The Labute approximate surface area is 151 Å². The topological polar surface area (TPSA) is 301 Å². The Kier molecular flexibility index (Phi) is 429. The van der Waals surface area contributed by atoms with Crippen molar-refractivity contribution >= 4 is 33.5 Å². The van der Waals surface area contributed by atoms with E-state index < -0.39 is 10.4 Å². The molecular weight excluding hydrogens is 307 g/mol. The SMILES string of the molecule is O.O.O.O.O.O.O.O=S(=O)([O-])[O-].[Cl-].[K+].[Mg+2]. The Hall–Kier alpha value is 2.28. The van der Waals surface area contributed by atoms with Gasteiger partial charge in [-0.1, -0.05) is 0 Å². The first-order valence-corrected chi connectivity index (χ1v) is 2.00. The van der Waals surface area contributed by atoms with Crippen molar-refractivity contribution in [1.82, 2.24) is 0 Å². The van der Waals surface area contributed by atoms with Gasteiger partial charge in [-0.2, -0.15) is 0 Å². The molecular formula is H14ClKMgO11S. The second kappa shape index (κ2) is 55.4. The van der Waals surface area contributed by atoms with Gasteiger partial charge in [0.1, 0.15) is 0 Å². The van der Waals surface area contributed by atoms with E-state index in [1.807, 2.05) is 0 Å². The smallest absolute Gasteiger partial charge is 1.00 e. The molecule has 0 bridgehead atoms. The van der Waals surface area contributed by atoms with Crippen molar-refractivity contribution in [1.29, 1.82) is 0 Å². The molecule has 0 aliphatic rings. The molecule has 0 aliphatic carbocycles. The Morgan fingerprint density at radius 1 is 0.667 bits per heavy atom. The van der Waals surface area contributed by atoms with Gasteiger partial charge in [0.25, 0.3) is 0 Å². The zero-order chi connectivity index (χ0) is 4.50. The molecule has 0 saturated heterocycles. The van der Waals surface area contributed by atoms with Gasteiger partial charge in [0.05, 0.1) is 0 Å². The molecule has 11 nitrogen and oxygen atoms in total. The third-order valence-electron chi connectivity index (χ3n) is 0. The molecule has 0 heterocycles. The number of hydrogen-bond acceptors (Lipinski definition) is 4. The Morgan fingerprint density at radius 3 is 0.667 bits per heavy atom. The van der Waals surface area contributed by atoms with Gasteiger partial charge in [0.15, 0.2) is 0 Å². The zero-order valence-electron chi connectivity index (χ0n) is 7.63. The summed E-state index contributed by atoms with van der Waals surface area (Å²) in [5.74, 6) is 0. The van der Waals surface area contributed by atoms with Gasteiger partial charge in [-0.3, -0.25) is 8.42 Å². The summed E-state index contributed by atoms with van der Waals surface area (Å²) < 4.78 is 34.1. The van der Waals surface area contributed by atoms with Crippen LogP contribution in [0.3, 0.4) is 0 Å². The normalized spacial score (nSPS) is 3.87. The first-order chi connectivity index (χ1) is 2.00. The predicted octanol–water partition coefficient (Wildman–Crippen LogP) is -13.5. The molecule has 0 unspecified atom stereocenters. The van der Waals surface area contributed by atoms with E-state index in [2.05, 4.69) is 0 Å². The van der Waals surface area contributed by atoms with Crippen molar-refractivity contribution in [3.8, 4) is 0 Å².